The van der Waals surface area contributed by atoms with Gasteiger partial charge in [0.1, 0.15) is 5.82 Å². The highest BCUT2D eigenvalue weighted by Crippen LogP contribution is 2.21. The number of nitrogens with one attached hydrogen (secondary N) is 1. The third kappa shape index (κ3) is 7.50. The number of carbonyl (C=O) groups is 2. The molecule has 2 amide bonds. The number of hydrogen-bond donors (Lipinski definition) is 2. The van der Waals surface area contributed by atoms with Crippen molar-refractivity contribution in [2.45, 2.75) is 57.2 Å². The predicted molar refractivity (Wildman–Crippen MR) is 138 cm³/mol. The number of hydrogen-bond acceptors (Lipinski definition) is 4. The second kappa shape index (κ2) is 13.0. The Morgan fingerprint density at radius 1 is 1.11 bits per heavy atom. The van der Waals surface area contributed by atoms with Crippen molar-refractivity contribution in [1.29, 1.82) is 0 Å². The Bertz CT molecular complexity index is 970. The van der Waals surface area contributed by atoms with Crippen LogP contribution in [0.5, 0.6) is 0 Å². The third-order valence-electron chi connectivity index (χ3n) is 6.71. The molecule has 1 heterocycles. The van der Waals surface area contributed by atoms with Crippen molar-refractivity contribution in [3.05, 3.63) is 70.5 Å². The van der Waals surface area contributed by atoms with E-state index in [-0.39, 0.29) is 29.7 Å². The van der Waals surface area contributed by atoms with Gasteiger partial charge in [0.25, 0.3) is 0 Å². The van der Waals surface area contributed by atoms with E-state index in [9.17, 15) is 14.0 Å². The van der Waals surface area contributed by atoms with Crippen LogP contribution in [0.15, 0.2) is 48.5 Å². The van der Waals surface area contributed by atoms with E-state index >= 15 is 0 Å². The molecule has 190 valence electrons. The first-order valence-corrected chi connectivity index (χ1v) is 12.7. The highest BCUT2D eigenvalue weighted by Gasteiger charge is 2.36. The van der Waals surface area contributed by atoms with Crippen LogP contribution >= 0.6 is 11.6 Å². The molecule has 1 fully saturated rings. The summed E-state index contributed by atoms with van der Waals surface area (Å²) in [6, 6.07) is 12.8. The highest BCUT2D eigenvalue weighted by atomic mass is 35.5. The lowest BCUT2D eigenvalue weighted by Gasteiger charge is -2.44. The van der Waals surface area contributed by atoms with Gasteiger partial charge in [0, 0.05) is 37.7 Å². The lowest BCUT2D eigenvalue weighted by molar-refractivity contribution is -0.139. The maximum atomic E-state index is 13.3. The fourth-order valence-corrected chi connectivity index (χ4v) is 4.93. The van der Waals surface area contributed by atoms with Gasteiger partial charge in [0.15, 0.2) is 0 Å². The third-order valence-corrected chi connectivity index (χ3v) is 6.97. The molecule has 1 saturated heterocycles. The quantitative estimate of drug-likeness (QED) is 0.522. The maximum absolute atomic E-state index is 13.3. The Hall–Kier alpha value is -2.48. The Balaban J connectivity index is 1.66. The average Bonchev–Trinajstić information content (AvgIpc) is 2.86. The smallest absolute Gasteiger partial charge is 0.240 e. The number of piperazine rings is 1. The van der Waals surface area contributed by atoms with Gasteiger partial charge in [-0.3, -0.25) is 14.5 Å². The van der Waals surface area contributed by atoms with Gasteiger partial charge in [0.05, 0.1) is 12.1 Å². The van der Waals surface area contributed by atoms with Gasteiger partial charge in [-0.1, -0.05) is 49.2 Å². The van der Waals surface area contributed by atoms with E-state index in [0.29, 0.717) is 37.5 Å². The molecule has 35 heavy (non-hydrogen) atoms. The van der Waals surface area contributed by atoms with Gasteiger partial charge >= 0.3 is 0 Å². The fourth-order valence-electron chi connectivity index (χ4n) is 4.81. The van der Waals surface area contributed by atoms with Crippen LogP contribution in [0.25, 0.3) is 0 Å². The van der Waals surface area contributed by atoms with Gasteiger partial charge in [-0.2, -0.15) is 0 Å². The SMILES string of the molecule is CCCC1CN(C(CCc2ccc(Cl)cc2)C(=O)NC)CCN1C(=O)C(N)Cc1ccc(F)cc1. The van der Waals surface area contributed by atoms with Crippen LogP contribution in [-0.4, -0.2) is 66.4 Å². The Morgan fingerprint density at radius 3 is 2.40 bits per heavy atom. The summed E-state index contributed by atoms with van der Waals surface area (Å²) in [5.74, 6) is -0.415. The van der Waals surface area contributed by atoms with Gasteiger partial charge in [-0.25, -0.2) is 4.39 Å². The average molecular weight is 503 g/mol. The van der Waals surface area contributed by atoms with Crippen LogP contribution in [0.2, 0.25) is 5.02 Å². The number of aryl methyl sites for hydroxylation is 1. The normalized spacial score (nSPS) is 18.2. The summed E-state index contributed by atoms with van der Waals surface area (Å²) >= 11 is 6.00. The molecule has 0 aliphatic carbocycles. The predicted octanol–water partition coefficient (Wildman–Crippen LogP) is 3.41. The lowest BCUT2D eigenvalue weighted by Crippen LogP contribution is -2.62. The van der Waals surface area contributed by atoms with E-state index in [1.807, 2.05) is 29.2 Å². The van der Waals surface area contributed by atoms with E-state index in [4.69, 9.17) is 17.3 Å². The fraction of sp³-hybridized carbons (Fsp3) is 0.481. The molecular formula is C27H36ClFN4O2. The Labute approximate surface area is 212 Å². The number of nitrogens with zero attached hydrogens (tertiary/aromatic N) is 2. The molecule has 2 aromatic carbocycles. The number of likely N-dealkylation sites (N-methyl/N-ethyl adjacent to an activating group) is 1. The zero-order valence-corrected chi connectivity index (χ0v) is 21.3. The van der Waals surface area contributed by atoms with Gasteiger partial charge in [-0.15, -0.1) is 0 Å². The van der Waals surface area contributed by atoms with E-state index in [1.165, 1.54) is 12.1 Å². The first kappa shape index (κ1) is 27.1. The van der Waals surface area contributed by atoms with Crippen molar-refractivity contribution in [3.63, 3.8) is 0 Å². The zero-order chi connectivity index (χ0) is 25.4. The summed E-state index contributed by atoms with van der Waals surface area (Å²) in [5.41, 5.74) is 8.26. The van der Waals surface area contributed by atoms with Crippen molar-refractivity contribution in [3.8, 4) is 0 Å². The van der Waals surface area contributed by atoms with Gasteiger partial charge in [-0.05, 0) is 61.1 Å². The van der Waals surface area contributed by atoms with Crippen LogP contribution in [-0.2, 0) is 22.4 Å². The van der Waals surface area contributed by atoms with Crippen LogP contribution in [0.3, 0.4) is 0 Å². The van der Waals surface area contributed by atoms with Crippen LogP contribution in [0.4, 0.5) is 4.39 Å². The van der Waals surface area contributed by atoms with Crippen molar-refractivity contribution >= 4 is 23.4 Å². The molecule has 1 aliphatic rings. The molecule has 3 unspecified atom stereocenters. The number of rotatable bonds is 10. The van der Waals surface area contributed by atoms with Crippen LogP contribution < -0.4 is 11.1 Å². The number of benzene rings is 2. The summed E-state index contributed by atoms with van der Waals surface area (Å²) in [6.45, 7) is 3.85. The molecule has 0 aromatic heterocycles. The minimum atomic E-state index is -0.689. The van der Waals surface area contributed by atoms with Crippen molar-refractivity contribution in [1.82, 2.24) is 15.1 Å². The summed E-state index contributed by atoms with van der Waals surface area (Å²) < 4.78 is 13.2. The van der Waals surface area contributed by atoms with Gasteiger partial charge in [0.2, 0.25) is 11.8 Å². The molecule has 6 nitrogen and oxygen atoms in total. The number of carbonyl (C=O) groups excluding carboxylic acids is 2. The lowest BCUT2D eigenvalue weighted by atomic mass is 9.98. The first-order chi connectivity index (χ1) is 16.8. The van der Waals surface area contributed by atoms with Crippen molar-refractivity contribution in [2.24, 2.45) is 5.73 Å². The summed E-state index contributed by atoms with van der Waals surface area (Å²) in [4.78, 5) is 30.2. The molecule has 1 aliphatic heterocycles. The molecule has 0 saturated carbocycles. The minimum Gasteiger partial charge on any atom is -0.358 e. The molecule has 0 radical (unpaired) electrons. The van der Waals surface area contributed by atoms with E-state index in [0.717, 1.165) is 30.4 Å². The summed E-state index contributed by atoms with van der Waals surface area (Å²) in [6.07, 6.45) is 3.56. The monoisotopic (exact) mass is 502 g/mol. The molecule has 8 heteroatoms. The molecule has 3 N–H and O–H groups in total. The highest BCUT2D eigenvalue weighted by molar-refractivity contribution is 6.30. The first-order valence-electron chi connectivity index (χ1n) is 12.3. The molecular weight excluding hydrogens is 467 g/mol. The minimum absolute atomic E-state index is 0.0109. The second-order valence-electron chi connectivity index (χ2n) is 9.20. The van der Waals surface area contributed by atoms with Crippen molar-refractivity contribution < 1.29 is 14.0 Å². The van der Waals surface area contributed by atoms with Gasteiger partial charge < -0.3 is 16.0 Å². The van der Waals surface area contributed by atoms with Crippen molar-refractivity contribution in [2.75, 3.05) is 26.7 Å². The zero-order valence-electron chi connectivity index (χ0n) is 20.6. The topological polar surface area (TPSA) is 78.7 Å². The number of halogens is 2. The number of nitrogens with two attached hydrogens (primary N) is 1. The second-order valence-corrected chi connectivity index (χ2v) is 9.64. The molecule has 2 aromatic rings. The standard InChI is InChI=1S/C27H36ClFN4O2/c1-3-4-23-18-32(25(26(34)31-2)14-9-19-5-10-21(28)11-6-19)15-16-33(23)27(35)24(30)17-20-7-12-22(29)13-8-20/h5-8,10-13,23-25H,3-4,9,14-18,30H2,1-2H3,(H,31,34). The molecule has 3 atom stereocenters. The van der Waals surface area contributed by atoms with Crippen LogP contribution in [0, 0.1) is 5.82 Å². The van der Waals surface area contributed by atoms with E-state index in [2.05, 4.69) is 17.1 Å². The summed E-state index contributed by atoms with van der Waals surface area (Å²) in [7, 11) is 1.66. The van der Waals surface area contributed by atoms with E-state index in [1.54, 1.807) is 19.2 Å². The molecule has 0 spiro atoms. The number of amides is 2. The maximum Gasteiger partial charge on any atom is 0.240 e. The molecule has 0 bridgehead atoms. The van der Waals surface area contributed by atoms with Crippen LogP contribution in [0.1, 0.15) is 37.3 Å². The Kier molecular flexibility index (Phi) is 10.1. The largest absolute Gasteiger partial charge is 0.358 e. The summed E-state index contributed by atoms with van der Waals surface area (Å²) in [5, 5.41) is 3.50. The van der Waals surface area contributed by atoms with E-state index < -0.39 is 6.04 Å². The Morgan fingerprint density at radius 2 is 1.77 bits per heavy atom. The molecule has 3 rings (SSSR count).